The Hall–Kier alpha value is -1.26. The Kier molecular flexibility index (Phi) is 6.05. The highest BCUT2D eigenvalue weighted by Crippen LogP contribution is 2.36. The van der Waals surface area contributed by atoms with Gasteiger partial charge in [0.2, 0.25) is 0 Å². The van der Waals surface area contributed by atoms with Crippen LogP contribution >= 0.6 is 0 Å². The molecular formula is C16H30N2O3. The van der Waals surface area contributed by atoms with Crippen LogP contribution in [0.25, 0.3) is 0 Å². The highest BCUT2D eigenvalue weighted by atomic mass is 16.4. The fourth-order valence-corrected chi connectivity index (χ4v) is 2.84. The lowest BCUT2D eigenvalue weighted by Crippen LogP contribution is -2.49. The van der Waals surface area contributed by atoms with E-state index in [-0.39, 0.29) is 11.4 Å². The van der Waals surface area contributed by atoms with Crippen LogP contribution in [0.4, 0.5) is 4.79 Å². The minimum absolute atomic E-state index is 0.0604. The molecular weight excluding hydrogens is 268 g/mol. The molecule has 1 aliphatic heterocycles. The van der Waals surface area contributed by atoms with E-state index in [9.17, 15) is 14.7 Å². The summed E-state index contributed by atoms with van der Waals surface area (Å²) >= 11 is 0. The predicted molar refractivity (Wildman–Crippen MR) is 83.3 cm³/mol. The van der Waals surface area contributed by atoms with Crippen molar-refractivity contribution in [1.82, 2.24) is 10.2 Å². The lowest BCUT2D eigenvalue weighted by atomic mass is 9.75. The molecule has 5 nitrogen and oxygen atoms in total. The predicted octanol–water partition coefficient (Wildman–Crippen LogP) is 3.10. The Morgan fingerprint density at radius 3 is 2.24 bits per heavy atom. The van der Waals surface area contributed by atoms with E-state index < -0.39 is 11.4 Å². The van der Waals surface area contributed by atoms with Gasteiger partial charge >= 0.3 is 12.0 Å². The highest BCUT2D eigenvalue weighted by Gasteiger charge is 2.41. The molecule has 0 aromatic rings. The van der Waals surface area contributed by atoms with E-state index in [2.05, 4.69) is 26.1 Å². The molecule has 0 spiro atoms. The first kappa shape index (κ1) is 17.8. The number of hydrogen-bond donors (Lipinski definition) is 2. The van der Waals surface area contributed by atoms with Gasteiger partial charge in [0.25, 0.3) is 0 Å². The van der Waals surface area contributed by atoms with Crippen molar-refractivity contribution < 1.29 is 14.7 Å². The molecule has 0 radical (unpaired) electrons. The van der Waals surface area contributed by atoms with Gasteiger partial charge in [0.05, 0.1) is 5.41 Å². The van der Waals surface area contributed by atoms with Gasteiger partial charge in [-0.05, 0) is 31.1 Å². The van der Waals surface area contributed by atoms with Crippen LogP contribution in [0.1, 0.15) is 59.8 Å². The molecule has 122 valence electrons. The van der Waals surface area contributed by atoms with Gasteiger partial charge < -0.3 is 15.3 Å². The first-order valence-electron chi connectivity index (χ1n) is 7.96. The minimum Gasteiger partial charge on any atom is -0.481 e. The third kappa shape index (κ3) is 5.21. The summed E-state index contributed by atoms with van der Waals surface area (Å²) in [7, 11) is 0. The fourth-order valence-electron chi connectivity index (χ4n) is 2.84. The smallest absolute Gasteiger partial charge is 0.317 e. The molecule has 5 heteroatoms. The van der Waals surface area contributed by atoms with E-state index in [0.29, 0.717) is 38.9 Å². The van der Waals surface area contributed by atoms with Gasteiger partial charge in [0.15, 0.2) is 0 Å². The van der Waals surface area contributed by atoms with Crippen LogP contribution in [0.15, 0.2) is 0 Å². The molecule has 0 bridgehead atoms. The minimum atomic E-state index is -0.711. The van der Waals surface area contributed by atoms with Crippen LogP contribution < -0.4 is 5.32 Å². The average Bonchev–Trinajstić information content (AvgIpc) is 2.38. The fraction of sp³-hybridized carbons (Fsp3) is 0.875. The number of rotatable bonds is 5. The number of aliphatic carboxylic acids is 1. The molecule has 0 aromatic carbocycles. The van der Waals surface area contributed by atoms with Gasteiger partial charge in [-0.3, -0.25) is 4.79 Å². The number of likely N-dealkylation sites (tertiary alicyclic amines) is 1. The lowest BCUT2D eigenvalue weighted by Gasteiger charge is -2.38. The number of carboxylic acids is 1. The molecule has 0 aromatic heterocycles. The second-order valence-electron chi connectivity index (χ2n) is 7.37. The van der Waals surface area contributed by atoms with E-state index in [0.717, 1.165) is 12.8 Å². The Morgan fingerprint density at radius 1 is 1.24 bits per heavy atom. The molecule has 1 rings (SSSR count). The monoisotopic (exact) mass is 298 g/mol. The Morgan fingerprint density at radius 2 is 1.81 bits per heavy atom. The maximum atomic E-state index is 12.1. The van der Waals surface area contributed by atoms with E-state index in [1.807, 2.05) is 6.92 Å². The number of amides is 2. The van der Waals surface area contributed by atoms with Crippen LogP contribution in [-0.2, 0) is 4.79 Å². The summed E-state index contributed by atoms with van der Waals surface area (Å²) < 4.78 is 0. The molecule has 2 N–H and O–H groups in total. The van der Waals surface area contributed by atoms with E-state index in [4.69, 9.17) is 0 Å². The standard InChI is InChI=1S/C16H30N2O3/c1-5-6-16(13(19)20)8-11-18(12-9-16)14(21)17-10-7-15(2,3)4/h5-12H2,1-4H3,(H,17,21)(H,19,20). The second kappa shape index (κ2) is 7.14. The summed E-state index contributed by atoms with van der Waals surface area (Å²) in [5, 5.41) is 12.4. The van der Waals surface area contributed by atoms with Gasteiger partial charge in [0.1, 0.15) is 0 Å². The number of carbonyl (C=O) groups is 2. The Bertz CT molecular complexity index is 366. The van der Waals surface area contributed by atoms with Crippen molar-refractivity contribution in [2.45, 2.75) is 59.8 Å². The molecule has 0 unspecified atom stereocenters. The Balaban J connectivity index is 2.44. The molecule has 21 heavy (non-hydrogen) atoms. The molecule has 0 saturated carbocycles. The Labute approximate surface area is 128 Å². The first-order valence-corrected chi connectivity index (χ1v) is 7.96. The second-order valence-corrected chi connectivity index (χ2v) is 7.37. The maximum absolute atomic E-state index is 12.1. The highest BCUT2D eigenvalue weighted by molar-refractivity contribution is 5.77. The number of nitrogens with zero attached hydrogens (tertiary/aromatic N) is 1. The van der Waals surface area contributed by atoms with Crippen molar-refractivity contribution in [3.05, 3.63) is 0 Å². The van der Waals surface area contributed by atoms with Crippen molar-refractivity contribution >= 4 is 12.0 Å². The molecule has 1 saturated heterocycles. The van der Waals surface area contributed by atoms with Crippen LogP contribution in [0.2, 0.25) is 0 Å². The molecule has 2 amide bonds. The summed E-state index contributed by atoms with van der Waals surface area (Å²) in [4.78, 5) is 25.3. The first-order chi connectivity index (χ1) is 9.70. The van der Waals surface area contributed by atoms with Gasteiger partial charge in [-0.2, -0.15) is 0 Å². The summed E-state index contributed by atoms with van der Waals surface area (Å²) in [5.74, 6) is -0.711. The lowest BCUT2D eigenvalue weighted by molar-refractivity contribution is -0.152. The zero-order valence-corrected chi connectivity index (χ0v) is 13.9. The van der Waals surface area contributed by atoms with Gasteiger partial charge in [-0.15, -0.1) is 0 Å². The van der Waals surface area contributed by atoms with Crippen molar-refractivity contribution in [1.29, 1.82) is 0 Å². The van der Waals surface area contributed by atoms with Crippen molar-refractivity contribution in [2.75, 3.05) is 19.6 Å². The zero-order chi connectivity index (χ0) is 16.1. The number of piperidine rings is 1. The number of carbonyl (C=O) groups excluding carboxylic acids is 1. The molecule has 0 atom stereocenters. The quantitative estimate of drug-likeness (QED) is 0.819. The van der Waals surface area contributed by atoms with Crippen molar-refractivity contribution in [2.24, 2.45) is 10.8 Å². The average molecular weight is 298 g/mol. The summed E-state index contributed by atoms with van der Waals surface area (Å²) in [6.45, 7) is 10.2. The number of urea groups is 1. The molecule has 1 aliphatic rings. The summed E-state index contributed by atoms with van der Waals surface area (Å²) in [6, 6.07) is -0.0604. The van der Waals surface area contributed by atoms with Gasteiger partial charge in [0, 0.05) is 19.6 Å². The van der Waals surface area contributed by atoms with Crippen LogP contribution in [0.5, 0.6) is 0 Å². The van der Waals surface area contributed by atoms with Gasteiger partial charge in [-0.25, -0.2) is 4.79 Å². The largest absolute Gasteiger partial charge is 0.481 e. The normalized spacial score (nSPS) is 18.4. The third-order valence-electron chi connectivity index (χ3n) is 4.34. The van der Waals surface area contributed by atoms with Gasteiger partial charge in [-0.1, -0.05) is 34.1 Å². The van der Waals surface area contributed by atoms with Crippen molar-refractivity contribution in [3.63, 3.8) is 0 Å². The van der Waals surface area contributed by atoms with E-state index in [1.165, 1.54) is 0 Å². The number of carboxylic acid groups (broad SMARTS) is 1. The van der Waals surface area contributed by atoms with E-state index in [1.54, 1.807) is 4.90 Å². The number of hydrogen-bond acceptors (Lipinski definition) is 2. The maximum Gasteiger partial charge on any atom is 0.317 e. The SMILES string of the molecule is CCCC1(C(=O)O)CCN(C(=O)NCCC(C)(C)C)CC1. The molecule has 1 fully saturated rings. The van der Waals surface area contributed by atoms with Crippen molar-refractivity contribution in [3.8, 4) is 0 Å². The van der Waals surface area contributed by atoms with E-state index >= 15 is 0 Å². The molecule has 0 aliphatic carbocycles. The van der Waals surface area contributed by atoms with Crippen LogP contribution in [-0.4, -0.2) is 41.6 Å². The molecule has 1 heterocycles. The zero-order valence-electron chi connectivity index (χ0n) is 13.9. The summed E-state index contributed by atoms with van der Waals surface area (Å²) in [6.07, 6.45) is 3.61. The van der Waals surface area contributed by atoms with Crippen LogP contribution in [0, 0.1) is 10.8 Å². The topological polar surface area (TPSA) is 69.6 Å². The number of nitrogens with one attached hydrogen (secondary N) is 1. The summed E-state index contributed by atoms with van der Waals surface area (Å²) in [5.41, 5.74) is -0.425. The van der Waals surface area contributed by atoms with Crippen LogP contribution in [0.3, 0.4) is 0 Å². The third-order valence-corrected chi connectivity index (χ3v) is 4.34.